The van der Waals surface area contributed by atoms with E-state index in [0.717, 1.165) is 18.7 Å². The average Bonchev–Trinajstić information content (AvgIpc) is 2.34. The fourth-order valence-electron chi connectivity index (χ4n) is 2.66. The molecule has 2 rings (SSSR count). The van der Waals surface area contributed by atoms with E-state index < -0.39 is 12.9 Å². The monoisotopic (exact) mass is 265 g/mol. The van der Waals surface area contributed by atoms with Crippen molar-refractivity contribution < 1.29 is 14.4 Å². The smallest absolute Gasteiger partial charge is 0.423 e. The third-order valence-electron chi connectivity index (χ3n) is 3.73. The van der Waals surface area contributed by atoms with Crippen molar-refractivity contribution in [3.8, 4) is 0 Å². The van der Waals surface area contributed by atoms with E-state index in [2.05, 4.69) is 4.90 Å². The predicted molar refractivity (Wildman–Crippen MR) is 74.6 cm³/mol. The van der Waals surface area contributed by atoms with Gasteiger partial charge in [0.2, 0.25) is 0 Å². The predicted octanol–water partition coefficient (Wildman–Crippen LogP) is 1.27. The van der Waals surface area contributed by atoms with Crippen LogP contribution >= 0.6 is 0 Å². The number of likely N-dealkylation sites (tertiary alicyclic amines) is 1. The first-order valence-electron chi connectivity index (χ1n) is 7.03. The summed E-state index contributed by atoms with van der Waals surface area (Å²) in [6.45, 7) is 2.71. The highest BCUT2D eigenvalue weighted by molar-refractivity contribution is 6.59. The summed E-state index contributed by atoms with van der Waals surface area (Å²) in [5.74, 6) is -0.431. The number of hydrogen-bond acceptors (Lipinski definition) is 3. The van der Waals surface area contributed by atoms with E-state index >= 15 is 0 Å². The molecule has 0 aromatic heterocycles. The van der Waals surface area contributed by atoms with E-state index in [9.17, 15) is 14.4 Å². The molecule has 1 saturated heterocycles. The highest BCUT2D eigenvalue weighted by Crippen LogP contribution is 2.13. The lowest BCUT2D eigenvalue weighted by atomic mass is 9.77. The van der Waals surface area contributed by atoms with E-state index in [1.165, 1.54) is 44.2 Å². The lowest BCUT2D eigenvalue weighted by Gasteiger charge is -2.25. The van der Waals surface area contributed by atoms with Gasteiger partial charge in [0.25, 0.3) is 0 Å². The van der Waals surface area contributed by atoms with Gasteiger partial charge in [-0.25, -0.2) is 4.39 Å². The molecule has 1 fully saturated rings. The minimum Gasteiger partial charge on any atom is -0.423 e. The van der Waals surface area contributed by atoms with Crippen LogP contribution in [0.4, 0.5) is 4.39 Å². The minimum atomic E-state index is -1.61. The summed E-state index contributed by atoms with van der Waals surface area (Å²) in [5.41, 5.74) is 1.08. The summed E-state index contributed by atoms with van der Waals surface area (Å²) >= 11 is 0. The molecule has 0 bridgehead atoms. The van der Waals surface area contributed by atoms with Gasteiger partial charge in [-0.3, -0.25) is 4.90 Å². The molecular weight excluding hydrogens is 244 g/mol. The summed E-state index contributed by atoms with van der Waals surface area (Å²) in [5, 5.41) is 18.7. The van der Waals surface area contributed by atoms with Gasteiger partial charge >= 0.3 is 7.12 Å². The fourth-order valence-corrected chi connectivity index (χ4v) is 2.66. The molecule has 1 aliphatic rings. The van der Waals surface area contributed by atoms with Crippen molar-refractivity contribution in [1.29, 1.82) is 0 Å². The molecule has 0 radical (unpaired) electrons. The first kappa shape index (κ1) is 14.5. The topological polar surface area (TPSA) is 43.7 Å². The van der Waals surface area contributed by atoms with Crippen molar-refractivity contribution in [2.45, 2.75) is 38.6 Å². The second kappa shape index (κ2) is 7.03. The zero-order chi connectivity index (χ0) is 13.7. The molecular formula is C14H21BFNO2. The van der Waals surface area contributed by atoms with Crippen LogP contribution in [0, 0.1) is 5.82 Å². The van der Waals surface area contributed by atoms with E-state index in [4.69, 9.17) is 0 Å². The first-order valence-corrected chi connectivity index (χ1v) is 7.03. The number of nitrogens with zero attached hydrogens (tertiary/aromatic N) is 1. The van der Waals surface area contributed by atoms with Crippen molar-refractivity contribution in [1.82, 2.24) is 4.90 Å². The molecule has 0 amide bonds. The molecule has 0 aliphatic carbocycles. The van der Waals surface area contributed by atoms with E-state index in [0.29, 0.717) is 6.54 Å². The zero-order valence-corrected chi connectivity index (χ0v) is 11.2. The van der Waals surface area contributed by atoms with Gasteiger partial charge in [-0.1, -0.05) is 25.3 Å². The summed E-state index contributed by atoms with van der Waals surface area (Å²) in [6.07, 6.45) is 6.19. The summed E-state index contributed by atoms with van der Waals surface area (Å²) < 4.78 is 13.2. The molecule has 0 atom stereocenters. The number of benzene rings is 1. The van der Waals surface area contributed by atoms with Crippen molar-refractivity contribution in [3.63, 3.8) is 0 Å². The van der Waals surface area contributed by atoms with Crippen LogP contribution in [0.2, 0.25) is 0 Å². The highest BCUT2D eigenvalue weighted by atomic mass is 19.1. The van der Waals surface area contributed by atoms with Gasteiger partial charge in [-0.15, -0.1) is 0 Å². The summed E-state index contributed by atoms with van der Waals surface area (Å²) in [6, 6.07) is 4.25. The molecule has 2 N–H and O–H groups in total. The Hall–Kier alpha value is -0.905. The quantitative estimate of drug-likeness (QED) is 0.809. The number of hydrogen-bond donors (Lipinski definition) is 2. The Balaban J connectivity index is 2.08. The van der Waals surface area contributed by atoms with Crippen LogP contribution < -0.4 is 5.46 Å². The second-order valence-electron chi connectivity index (χ2n) is 5.26. The molecule has 19 heavy (non-hydrogen) atoms. The van der Waals surface area contributed by atoms with Gasteiger partial charge in [0.05, 0.1) is 0 Å². The molecule has 1 heterocycles. The maximum Gasteiger partial charge on any atom is 0.488 e. The lowest BCUT2D eigenvalue weighted by molar-refractivity contribution is 0.240. The summed E-state index contributed by atoms with van der Waals surface area (Å²) in [4.78, 5) is 2.32. The highest BCUT2D eigenvalue weighted by Gasteiger charge is 2.18. The maximum absolute atomic E-state index is 13.2. The average molecular weight is 265 g/mol. The molecule has 1 aromatic rings. The van der Waals surface area contributed by atoms with Gasteiger partial charge < -0.3 is 10.0 Å². The minimum absolute atomic E-state index is 0.280. The van der Waals surface area contributed by atoms with Crippen LogP contribution in [0.3, 0.4) is 0 Å². The van der Waals surface area contributed by atoms with Crippen LogP contribution in [0.5, 0.6) is 0 Å². The SMILES string of the molecule is OB(O)c1cc(F)ccc1CN1CCCCCCC1. The first-order chi connectivity index (χ1) is 9.16. The van der Waals surface area contributed by atoms with Crippen LogP contribution in [-0.2, 0) is 6.54 Å². The Kier molecular flexibility index (Phi) is 5.37. The van der Waals surface area contributed by atoms with Gasteiger partial charge in [-0.05, 0) is 49.1 Å². The maximum atomic E-state index is 13.2. The van der Waals surface area contributed by atoms with E-state index in [1.807, 2.05) is 0 Å². The largest absolute Gasteiger partial charge is 0.488 e. The molecule has 0 spiro atoms. The molecule has 0 saturated carbocycles. The standard InChI is InChI=1S/C14H21BFNO2/c16-13-7-6-12(14(10-13)15(18)19)11-17-8-4-2-1-3-5-9-17/h6-7,10,18-19H,1-5,8-9,11H2. The van der Waals surface area contributed by atoms with Gasteiger partial charge in [0.15, 0.2) is 0 Å². The van der Waals surface area contributed by atoms with Crippen LogP contribution in [-0.4, -0.2) is 35.2 Å². The van der Waals surface area contributed by atoms with Crippen molar-refractivity contribution >= 4 is 12.6 Å². The summed E-state index contributed by atoms with van der Waals surface area (Å²) in [7, 11) is -1.61. The lowest BCUT2D eigenvalue weighted by Crippen LogP contribution is -2.37. The van der Waals surface area contributed by atoms with Crippen molar-refractivity contribution in [3.05, 3.63) is 29.6 Å². The third kappa shape index (κ3) is 4.30. The Bertz CT molecular complexity index is 406. The van der Waals surface area contributed by atoms with Gasteiger partial charge in [0, 0.05) is 6.54 Å². The van der Waals surface area contributed by atoms with Crippen LogP contribution in [0.15, 0.2) is 18.2 Å². The fraction of sp³-hybridized carbons (Fsp3) is 0.571. The van der Waals surface area contributed by atoms with Gasteiger partial charge in [-0.2, -0.15) is 0 Å². The Morgan fingerprint density at radius 1 is 1.05 bits per heavy atom. The molecule has 1 aromatic carbocycles. The third-order valence-corrected chi connectivity index (χ3v) is 3.73. The van der Waals surface area contributed by atoms with Crippen LogP contribution in [0.25, 0.3) is 0 Å². The molecule has 1 aliphatic heterocycles. The Labute approximate surface area is 114 Å². The molecule has 0 unspecified atom stereocenters. The molecule has 104 valence electrons. The normalized spacial score (nSPS) is 17.8. The van der Waals surface area contributed by atoms with Gasteiger partial charge in [0.1, 0.15) is 5.82 Å². The van der Waals surface area contributed by atoms with E-state index in [-0.39, 0.29) is 5.46 Å². The Morgan fingerprint density at radius 2 is 1.68 bits per heavy atom. The zero-order valence-electron chi connectivity index (χ0n) is 11.2. The number of halogens is 1. The number of rotatable bonds is 3. The van der Waals surface area contributed by atoms with Crippen molar-refractivity contribution in [2.24, 2.45) is 0 Å². The second-order valence-corrected chi connectivity index (χ2v) is 5.26. The van der Waals surface area contributed by atoms with Crippen molar-refractivity contribution in [2.75, 3.05) is 13.1 Å². The van der Waals surface area contributed by atoms with E-state index in [1.54, 1.807) is 6.07 Å². The molecule has 5 heteroatoms. The molecule has 3 nitrogen and oxygen atoms in total. The Morgan fingerprint density at radius 3 is 2.32 bits per heavy atom. The van der Waals surface area contributed by atoms with Crippen LogP contribution in [0.1, 0.15) is 37.7 Å².